The maximum Gasteiger partial charge on any atom is 0.423 e. The molecule has 0 bridgehead atoms. The summed E-state index contributed by atoms with van der Waals surface area (Å²) < 4.78 is 44.0. The molecule has 130 valence electrons. The van der Waals surface area contributed by atoms with Crippen molar-refractivity contribution in [2.75, 3.05) is 6.61 Å². The van der Waals surface area contributed by atoms with E-state index >= 15 is 0 Å². The summed E-state index contributed by atoms with van der Waals surface area (Å²) in [5, 5.41) is 19.5. The average Bonchev–Trinajstić information content (AvgIpc) is 2.33. The summed E-state index contributed by atoms with van der Waals surface area (Å²) in [5.74, 6) is -3.39. The van der Waals surface area contributed by atoms with Crippen LogP contribution in [0.2, 0.25) is 25.7 Å². The van der Waals surface area contributed by atoms with Crippen LogP contribution in [0.1, 0.15) is 27.0 Å². The van der Waals surface area contributed by atoms with E-state index in [1.807, 2.05) is 0 Å². The first-order chi connectivity index (χ1) is 10.3. The maximum atomic E-state index is 13.0. The highest BCUT2D eigenvalue weighted by Gasteiger charge is 2.41. The van der Waals surface area contributed by atoms with Crippen molar-refractivity contribution in [1.29, 1.82) is 0 Å². The van der Waals surface area contributed by atoms with Crippen LogP contribution in [-0.2, 0) is 10.9 Å². The Morgan fingerprint density at radius 2 is 1.61 bits per heavy atom. The molecule has 0 saturated carbocycles. The van der Waals surface area contributed by atoms with E-state index in [1.165, 1.54) is 13.8 Å². The van der Waals surface area contributed by atoms with Crippen molar-refractivity contribution in [2.45, 2.75) is 45.7 Å². The molecule has 0 spiro atoms. The van der Waals surface area contributed by atoms with Crippen molar-refractivity contribution in [1.82, 2.24) is 0 Å². The predicted molar refractivity (Wildman–Crippen MR) is 82.7 cm³/mol. The highest BCUT2D eigenvalue weighted by atomic mass is 28.3. The molecule has 1 aromatic rings. The van der Waals surface area contributed by atoms with E-state index in [0.717, 1.165) is 0 Å². The summed E-state index contributed by atoms with van der Waals surface area (Å²) in [7, 11) is -1.47. The zero-order valence-electron chi connectivity index (χ0n) is 13.8. The Morgan fingerprint density at radius 1 is 1.09 bits per heavy atom. The summed E-state index contributed by atoms with van der Waals surface area (Å²) in [6.45, 7) is 8.87. The van der Waals surface area contributed by atoms with E-state index in [4.69, 9.17) is 4.74 Å². The summed E-state index contributed by atoms with van der Waals surface area (Å²) in [5.41, 5.74) is -2.22. The minimum absolute atomic E-state index is 0.0611. The topological polar surface area (TPSA) is 66.8 Å². The molecular weight excluding hydrogens is 329 g/mol. The van der Waals surface area contributed by atoms with Gasteiger partial charge in [-0.3, -0.25) is 0 Å². The molecule has 0 aliphatic carbocycles. The van der Waals surface area contributed by atoms with Crippen molar-refractivity contribution in [3.05, 3.63) is 22.3 Å². The lowest BCUT2D eigenvalue weighted by Crippen LogP contribution is -2.23. The van der Waals surface area contributed by atoms with Gasteiger partial charge in [0.1, 0.15) is 22.6 Å². The van der Waals surface area contributed by atoms with Crippen LogP contribution in [0.4, 0.5) is 13.2 Å². The molecular formula is C15H21F3O4Si. The minimum Gasteiger partial charge on any atom is -0.507 e. The number of phenols is 2. The van der Waals surface area contributed by atoms with Gasteiger partial charge in [0.05, 0.1) is 6.61 Å². The molecule has 23 heavy (non-hydrogen) atoms. The van der Waals surface area contributed by atoms with Gasteiger partial charge in [-0.15, -0.1) is 0 Å². The van der Waals surface area contributed by atoms with Crippen LogP contribution in [0.25, 0.3) is 0 Å². The number of aromatic hydroxyl groups is 2. The van der Waals surface area contributed by atoms with Crippen LogP contribution in [0, 0.1) is 13.8 Å². The number of halogens is 3. The van der Waals surface area contributed by atoms with Gasteiger partial charge in [-0.05, 0) is 31.0 Å². The first-order valence-corrected chi connectivity index (χ1v) is 10.8. The van der Waals surface area contributed by atoms with Gasteiger partial charge in [0.2, 0.25) is 0 Å². The van der Waals surface area contributed by atoms with Crippen molar-refractivity contribution in [2.24, 2.45) is 0 Å². The third-order valence-electron chi connectivity index (χ3n) is 3.58. The number of hydrogen-bond donors (Lipinski definition) is 2. The van der Waals surface area contributed by atoms with E-state index in [2.05, 4.69) is 19.6 Å². The SMILES string of the molecule is Cc1c(C)c(C(=O)OCC[Si](C)(C)C)c(O)c(C(F)(F)F)c1O. The standard InChI is InChI=1S/C15H21F3O4Si/c1-8-9(2)12(19)11(15(16,17)18)13(20)10(8)14(21)22-6-7-23(3,4)5/h19-20H,6-7H2,1-5H3. The molecule has 0 unspecified atom stereocenters. The molecule has 0 heterocycles. The van der Waals surface area contributed by atoms with Gasteiger partial charge in [0, 0.05) is 8.07 Å². The van der Waals surface area contributed by atoms with E-state index in [9.17, 15) is 28.2 Å². The molecule has 0 aliphatic rings. The fourth-order valence-electron chi connectivity index (χ4n) is 2.01. The normalized spacial score (nSPS) is 12.3. The second-order valence-electron chi connectivity index (χ2n) is 6.64. The Balaban J connectivity index is 3.26. The zero-order chi connectivity index (χ0) is 18.2. The molecule has 0 aliphatic heterocycles. The number of carbonyl (C=O) groups excluding carboxylic acids is 1. The van der Waals surface area contributed by atoms with Gasteiger partial charge in [-0.1, -0.05) is 19.6 Å². The van der Waals surface area contributed by atoms with Gasteiger partial charge >= 0.3 is 12.1 Å². The Morgan fingerprint density at radius 3 is 2.04 bits per heavy atom. The number of esters is 1. The van der Waals surface area contributed by atoms with Gasteiger partial charge in [0.25, 0.3) is 0 Å². The highest BCUT2D eigenvalue weighted by Crippen LogP contribution is 2.46. The van der Waals surface area contributed by atoms with Crippen LogP contribution >= 0.6 is 0 Å². The van der Waals surface area contributed by atoms with Crippen LogP contribution in [0.15, 0.2) is 0 Å². The Kier molecular flexibility index (Phi) is 5.40. The number of benzene rings is 1. The van der Waals surface area contributed by atoms with Crippen molar-refractivity contribution < 1.29 is 32.9 Å². The van der Waals surface area contributed by atoms with Crippen molar-refractivity contribution in [3.63, 3.8) is 0 Å². The largest absolute Gasteiger partial charge is 0.507 e. The van der Waals surface area contributed by atoms with Gasteiger partial charge in [0.15, 0.2) is 0 Å². The van der Waals surface area contributed by atoms with E-state index in [-0.39, 0.29) is 17.7 Å². The number of ether oxygens (including phenoxy) is 1. The summed E-state index contributed by atoms with van der Waals surface area (Å²) in [4.78, 5) is 12.1. The molecule has 0 fully saturated rings. The molecule has 4 nitrogen and oxygen atoms in total. The summed E-state index contributed by atoms with van der Waals surface area (Å²) >= 11 is 0. The predicted octanol–water partition coefficient (Wildman–Crippen LogP) is 4.23. The quantitative estimate of drug-likeness (QED) is 0.630. The second-order valence-corrected chi connectivity index (χ2v) is 12.3. The lowest BCUT2D eigenvalue weighted by atomic mass is 9.96. The Labute approximate surface area is 133 Å². The lowest BCUT2D eigenvalue weighted by Gasteiger charge is -2.19. The summed E-state index contributed by atoms with van der Waals surface area (Å²) in [6, 6.07) is 0.655. The summed E-state index contributed by atoms with van der Waals surface area (Å²) in [6.07, 6.45) is -4.99. The fourth-order valence-corrected chi connectivity index (χ4v) is 2.72. The molecule has 2 N–H and O–H groups in total. The molecule has 0 radical (unpaired) electrons. The third kappa shape index (κ3) is 4.40. The van der Waals surface area contributed by atoms with Crippen LogP contribution in [-0.4, -0.2) is 30.9 Å². The van der Waals surface area contributed by atoms with E-state index in [0.29, 0.717) is 6.04 Å². The number of rotatable bonds is 4. The molecule has 1 aromatic carbocycles. The van der Waals surface area contributed by atoms with Crippen LogP contribution in [0.3, 0.4) is 0 Å². The molecule has 0 amide bonds. The zero-order valence-corrected chi connectivity index (χ0v) is 14.8. The number of carbonyl (C=O) groups is 1. The number of alkyl halides is 3. The molecule has 0 aromatic heterocycles. The van der Waals surface area contributed by atoms with Crippen LogP contribution in [0.5, 0.6) is 11.5 Å². The van der Waals surface area contributed by atoms with Crippen molar-refractivity contribution in [3.8, 4) is 11.5 Å². The molecule has 1 rings (SSSR count). The Bertz CT molecular complexity index is 619. The van der Waals surface area contributed by atoms with Crippen molar-refractivity contribution >= 4 is 14.0 Å². The Hall–Kier alpha value is -1.70. The van der Waals surface area contributed by atoms with Gasteiger partial charge < -0.3 is 14.9 Å². The number of hydrogen-bond acceptors (Lipinski definition) is 4. The monoisotopic (exact) mass is 350 g/mol. The lowest BCUT2D eigenvalue weighted by molar-refractivity contribution is -0.140. The van der Waals surface area contributed by atoms with Gasteiger partial charge in [-0.2, -0.15) is 13.2 Å². The average molecular weight is 350 g/mol. The smallest absolute Gasteiger partial charge is 0.423 e. The third-order valence-corrected chi connectivity index (χ3v) is 5.28. The first kappa shape index (κ1) is 19.3. The second kappa shape index (κ2) is 6.43. The van der Waals surface area contributed by atoms with Crippen LogP contribution < -0.4 is 0 Å². The first-order valence-electron chi connectivity index (χ1n) is 7.06. The molecule has 8 heteroatoms. The fraction of sp³-hybridized carbons (Fsp3) is 0.533. The maximum absolute atomic E-state index is 13.0. The van der Waals surface area contributed by atoms with E-state index in [1.54, 1.807) is 0 Å². The molecule has 0 saturated heterocycles. The van der Waals surface area contributed by atoms with Gasteiger partial charge in [-0.25, -0.2) is 4.79 Å². The van der Waals surface area contributed by atoms with E-state index < -0.39 is 42.8 Å². The highest BCUT2D eigenvalue weighted by molar-refractivity contribution is 6.76. The molecule has 0 atom stereocenters. The number of phenolic OH excluding ortho intramolecular Hbond substituents is 2. The minimum atomic E-state index is -4.99.